The average molecular weight is 365 g/mol. The van der Waals surface area contributed by atoms with Crippen LogP contribution in [0, 0.1) is 5.41 Å². The van der Waals surface area contributed by atoms with Crippen LogP contribution in [-0.2, 0) is 24.9 Å². The molecular formula is C13H19NO7S2. The SMILES string of the molecule is CC(C)(C)C(=O)Oc1ccc(S(=O)(=O)NCCS(=O)(=O)O)cc1. The summed E-state index contributed by atoms with van der Waals surface area (Å²) < 4.78 is 60.6. The number of carbonyl (C=O) groups excluding carboxylic acids is 1. The first-order chi connectivity index (χ1) is 10.3. The van der Waals surface area contributed by atoms with Crippen molar-refractivity contribution in [3.05, 3.63) is 24.3 Å². The van der Waals surface area contributed by atoms with E-state index in [2.05, 4.69) is 0 Å². The van der Waals surface area contributed by atoms with Gasteiger partial charge in [-0.2, -0.15) is 8.42 Å². The van der Waals surface area contributed by atoms with Gasteiger partial charge in [-0.3, -0.25) is 9.35 Å². The molecule has 0 unspecified atom stereocenters. The molecule has 23 heavy (non-hydrogen) atoms. The Balaban J connectivity index is 2.77. The number of hydrogen-bond donors (Lipinski definition) is 2. The van der Waals surface area contributed by atoms with Crippen molar-refractivity contribution in [3.63, 3.8) is 0 Å². The Labute approximate surface area is 135 Å². The molecule has 0 saturated heterocycles. The Morgan fingerprint density at radius 2 is 1.65 bits per heavy atom. The summed E-state index contributed by atoms with van der Waals surface area (Å²) >= 11 is 0. The number of carbonyl (C=O) groups is 1. The lowest BCUT2D eigenvalue weighted by Gasteiger charge is -2.16. The summed E-state index contributed by atoms with van der Waals surface area (Å²) in [4.78, 5) is 11.6. The van der Waals surface area contributed by atoms with Gasteiger partial charge in [-0.25, -0.2) is 13.1 Å². The van der Waals surface area contributed by atoms with Crippen molar-refractivity contribution >= 4 is 26.1 Å². The van der Waals surface area contributed by atoms with Crippen LogP contribution >= 0.6 is 0 Å². The summed E-state index contributed by atoms with van der Waals surface area (Å²) in [7, 11) is -8.17. The Hall–Kier alpha value is -1.49. The lowest BCUT2D eigenvalue weighted by molar-refractivity contribution is -0.143. The van der Waals surface area contributed by atoms with E-state index in [1.54, 1.807) is 20.8 Å². The first-order valence-corrected chi connectivity index (χ1v) is 9.68. The second-order valence-electron chi connectivity index (χ2n) is 5.79. The van der Waals surface area contributed by atoms with Gasteiger partial charge in [0.05, 0.1) is 16.1 Å². The van der Waals surface area contributed by atoms with Gasteiger partial charge in [0.2, 0.25) is 10.0 Å². The van der Waals surface area contributed by atoms with Crippen molar-refractivity contribution < 1.29 is 30.9 Å². The van der Waals surface area contributed by atoms with Crippen LogP contribution in [0.4, 0.5) is 0 Å². The number of ether oxygens (including phenoxy) is 1. The molecule has 0 aromatic heterocycles. The minimum Gasteiger partial charge on any atom is -0.426 e. The van der Waals surface area contributed by atoms with E-state index in [0.717, 1.165) is 0 Å². The van der Waals surface area contributed by atoms with Crippen LogP contribution < -0.4 is 9.46 Å². The quantitative estimate of drug-likeness (QED) is 0.434. The van der Waals surface area contributed by atoms with Crippen LogP contribution in [0.5, 0.6) is 5.75 Å². The summed E-state index contributed by atoms with van der Waals surface area (Å²) in [5.41, 5.74) is -0.692. The third-order valence-electron chi connectivity index (χ3n) is 2.61. The van der Waals surface area contributed by atoms with Crippen LogP contribution in [0.3, 0.4) is 0 Å². The third kappa shape index (κ3) is 6.65. The molecule has 1 rings (SSSR count). The van der Waals surface area contributed by atoms with Crippen molar-refractivity contribution in [2.75, 3.05) is 12.3 Å². The standard InChI is InChI=1S/C13H19NO7S2/c1-13(2,3)12(15)21-10-4-6-11(7-5-10)23(19,20)14-8-9-22(16,17)18/h4-7,14H,8-9H2,1-3H3,(H,16,17,18). The van der Waals surface area contributed by atoms with E-state index < -0.39 is 43.8 Å². The van der Waals surface area contributed by atoms with Crippen LogP contribution in [-0.4, -0.2) is 39.7 Å². The Morgan fingerprint density at radius 1 is 1.13 bits per heavy atom. The summed E-state index contributed by atoms with van der Waals surface area (Å²) in [5.74, 6) is -0.991. The molecule has 0 amide bonds. The monoisotopic (exact) mass is 365 g/mol. The molecule has 0 radical (unpaired) electrons. The molecule has 0 aliphatic heterocycles. The highest BCUT2D eigenvalue weighted by Gasteiger charge is 2.24. The van der Waals surface area contributed by atoms with Gasteiger partial charge in [0.15, 0.2) is 0 Å². The summed E-state index contributed by atoms with van der Waals surface area (Å²) in [6.45, 7) is 4.61. The first-order valence-electron chi connectivity index (χ1n) is 6.58. The molecule has 8 nitrogen and oxygen atoms in total. The van der Waals surface area contributed by atoms with Gasteiger partial charge in [-0.05, 0) is 45.0 Å². The van der Waals surface area contributed by atoms with Crippen molar-refractivity contribution in [1.82, 2.24) is 4.72 Å². The fourth-order valence-corrected chi connectivity index (χ4v) is 2.86. The highest BCUT2D eigenvalue weighted by molar-refractivity contribution is 7.89. The van der Waals surface area contributed by atoms with E-state index in [1.165, 1.54) is 24.3 Å². The summed E-state index contributed by atoms with van der Waals surface area (Å²) in [6, 6.07) is 5.09. The summed E-state index contributed by atoms with van der Waals surface area (Å²) in [5, 5.41) is 0. The van der Waals surface area contributed by atoms with Gasteiger partial charge in [0.1, 0.15) is 5.75 Å². The molecule has 0 heterocycles. The van der Waals surface area contributed by atoms with E-state index >= 15 is 0 Å². The van der Waals surface area contributed by atoms with E-state index in [9.17, 15) is 21.6 Å². The average Bonchev–Trinajstić information content (AvgIpc) is 2.36. The van der Waals surface area contributed by atoms with Crippen LogP contribution in [0.15, 0.2) is 29.2 Å². The number of rotatable bonds is 6. The fourth-order valence-electron chi connectivity index (χ4n) is 1.34. The van der Waals surface area contributed by atoms with Gasteiger partial charge in [0, 0.05) is 6.54 Å². The molecule has 10 heteroatoms. The molecule has 2 N–H and O–H groups in total. The number of nitrogens with one attached hydrogen (secondary N) is 1. The number of sulfonamides is 1. The second kappa shape index (κ2) is 6.95. The maximum Gasteiger partial charge on any atom is 0.316 e. The van der Waals surface area contributed by atoms with E-state index in [4.69, 9.17) is 9.29 Å². The molecule has 0 aliphatic rings. The van der Waals surface area contributed by atoms with Crippen molar-refractivity contribution in [2.24, 2.45) is 5.41 Å². The topological polar surface area (TPSA) is 127 Å². The lowest BCUT2D eigenvalue weighted by atomic mass is 9.97. The highest BCUT2D eigenvalue weighted by Crippen LogP contribution is 2.21. The van der Waals surface area contributed by atoms with Crippen molar-refractivity contribution in [1.29, 1.82) is 0 Å². The number of benzene rings is 1. The molecule has 1 aromatic rings. The Kier molecular flexibility index (Phi) is 5.91. The molecule has 1 aromatic carbocycles. The minimum absolute atomic E-state index is 0.122. The smallest absolute Gasteiger partial charge is 0.316 e. The maximum atomic E-state index is 11.9. The molecular weight excluding hydrogens is 346 g/mol. The fraction of sp³-hybridized carbons (Fsp3) is 0.462. The number of hydrogen-bond acceptors (Lipinski definition) is 6. The van der Waals surface area contributed by atoms with Crippen LogP contribution in [0.1, 0.15) is 20.8 Å². The minimum atomic E-state index is -4.25. The largest absolute Gasteiger partial charge is 0.426 e. The molecule has 0 fully saturated rings. The predicted octanol–water partition coefficient (Wildman–Crippen LogP) is 0.804. The molecule has 0 saturated carbocycles. The van der Waals surface area contributed by atoms with Gasteiger partial charge >= 0.3 is 5.97 Å². The lowest BCUT2D eigenvalue weighted by Crippen LogP contribution is -2.29. The molecule has 0 atom stereocenters. The summed E-state index contributed by atoms with van der Waals surface area (Å²) in [6.07, 6.45) is 0. The Bertz CT molecular complexity index is 760. The van der Waals surface area contributed by atoms with Crippen molar-refractivity contribution in [3.8, 4) is 5.75 Å². The van der Waals surface area contributed by atoms with E-state index in [1.807, 2.05) is 4.72 Å². The van der Waals surface area contributed by atoms with E-state index in [-0.39, 0.29) is 10.6 Å². The number of esters is 1. The highest BCUT2D eigenvalue weighted by atomic mass is 32.2. The van der Waals surface area contributed by atoms with Crippen LogP contribution in [0.2, 0.25) is 0 Å². The predicted molar refractivity (Wildman–Crippen MR) is 83.1 cm³/mol. The zero-order chi connectivity index (χ0) is 17.9. The zero-order valence-corrected chi connectivity index (χ0v) is 14.6. The zero-order valence-electron chi connectivity index (χ0n) is 12.9. The van der Waals surface area contributed by atoms with Crippen molar-refractivity contribution in [2.45, 2.75) is 25.7 Å². The molecule has 130 valence electrons. The second-order valence-corrected chi connectivity index (χ2v) is 9.13. The van der Waals surface area contributed by atoms with Gasteiger partial charge in [-0.1, -0.05) is 0 Å². The molecule has 0 aliphatic carbocycles. The Morgan fingerprint density at radius 3 is 2.09 bits per heavy atom. The maximum absolute atomic E-state index is 11.9. The molecule has 0 bridgehead atoms. The molecule has 0 spiro atoms. The van der Waals surface area contributed by atoms with Gasteiger partial charge in [-0.15, -0.1) is 0 Å². The first kappa shape index (κ1) is 19.6. The van der Waals surface area contributed by atoms with Gasteiger partial charge in [0.25, 0.3) is 10.1 Å². The third-order valence-corrected chi connectivity index (χ3v) is 4.81. The van der Waals surface area contributed by atoms with E-state index in [0.29, 0.717) is 0 Å². The normalized spacial score (nSPS) is 12.9. The van der Waals surface area contributed by atoms with Gasteiger partial charge < -0.3 is 4.74 Å². The van der Waals surface area contributed by atoms with Crippen LogP contribution in [0.25, 0.3) is 0 Å².